The van der Waals surface area contributed by atoms with Gasteiger partial charge in [0.15, 0.2) is 11.4 Å². The summed E-state index contributed by atoms with van der Waals surface area (Å²) in [6, 6.07) is 0. The molecular weight excluding hydrogens is 320 g/mol. The first-order valence-electron chi connectivity index (χ1n) is 9.21. The number of fused-ring (bicyclic) bond motifs is 5. The summed E-state index contributed by atoms with van der Waals surface area (Å²) in [5.41, 5.74) is -1.86. The third-order valence-corrected chi connectivity index (χ3v) is 8.00. The van der Waals surface area contributed by atoms with Crippen LogP contribution in [0.5, 0.6) is 0 Å². The summed E-state index contributed by atoms with van der Waals surface area (Å²) in [6.45, 7) is 3.93. The summed E-state index contributed by atoms with van der Waals surface area (Å²) in [4.78, 5) is 23.6. The molecule has 0 amide bonds. The molecule has 0 aromatic carbocycles. The van der Waals surface area contributed by atoms with Gasteiger partial charge in [-0.1, -0.05) is 25.5 Å². The molecule has 5 heteroatoms. The van der Waals surface area contributed by atoms with Crippen LogP contribution in [0, 0.1) is 28.6 Å². The molecule has 4 rings (SSSR count). The molecule has 0 unspecified atom stereocenters. The number of aliphatic hydroxyl groups is 2. The maximum absolute atomic E-state index is 11.8. The lowest BCUT2D eigenvalue weighted by atomic mass is 9.46. The number of hydrogen-bond acceptors (Lipinski definition) is 4. The van der Waals surface area contributed by atoms with Gasteiger partial charge in [0.25, 0.3) is 0 Å². The Balaban J connectivity index is 1.76. The number of carboxylic acids is 1. The van der Waals surface area contributed by atoms with Gasteiger partial charge in [0.2, 0.25) is 0 Å². The van der Waals surface area contributed by atoms with Crippen LogP contribution in [0.15, 0.2) is 23.8 Å². The highest BCUT2D eigenvalue weighted by atomic mass is 16.4. The Morgan fingerprint density at radius 3 is 2.68 bits per heavy atom. The Morgan fingerprint density at radius 2 is 2.00 bits per heavy atom. The van der Waals surface area contributed by atoms with E-state index < -0.39 is 23.1 Å². The Labute approximate surface area is 147 Å². The van der Waals surface area contributed by atoms with Gasteiger partial charge in [0.05, 0.1) is 6.10 Å². The molecule has 0 spiro atoms. The Morgan fingerprint density at radius 1 is 1.28 bits per heavy atom. The van der Waals surface area contributed by atoms with E-state index in [1.165, 1.54) is 0 Å². The van der Waals surface area contributed by atoms with E-state index in [2.05, 4.69) is 6.92 Å². The third-order valence-electron chi connectivity index (χ3n) is 8.00. The van der Waals surface area contributed by atoms with E-state index in [1.54, 1.807) is 12.2 Å². The normalized spacial score (nSPS) is 51.4. The molecule has 3 N–H and O–H groups in total. The minimum absolute atomic E-state index is 0.00202. The number of rotatable bonds is 1. The average molecular weight is 346 g/mol. The van der Waals surface area contributed by atoms with E-state index in [4.69, 9.17) is 0 Å². The summed E-state index contributed by atoms with van der Waals surface area (Å²) in [6.07, 6.45) is 7.37. The van der Waals surface area contributed by atoms with Crippen LogP contribution in [0.2, 0.25) is 0 Å². The van der Waals surface area contributed by atoms with Crippen molar-refractivity contribution in [3.05, 3.63) is 23.8 Å². The molecule has 25 heavy (non-hydrogen) atoms. The summed E-state index contributed by atoms with van der Waals surface area (Å²) >= 11 is 0. The van der Waals surface area contributed by atoms with E-state index in [0.29, 0.717) is 6.42 Å². The molecular formula is C20H26O5. The third kappa shape index (κ3) is 1.97. The fraction of sp³-hybridized carbons (Fsp3) is 0.700. The van der Waals surface area contributed by atoms with E-state index in [1.807, 2.05) is 13.0 Å². The number of ketones is 1. The second kappa shape index (κ2) is 5.04. The van der Waals surface area contributed by atoms with Crippen LogP contribution in [0.3, 0.4) is 0 Å². The molecule has 0 bridgehead atoms. The number of aliphatic carboxylic acids is 1. The molecule has 7 atom stereocenters. The lowest BCUT2D eigenvalue weighted by molar-refractivity contribution is -0.192. The number of carboxylic acid groups (broad SMARTS) is 1. The smallest absolute Gasteiger partial charge is 0.336 e. The van der Waals surface area contributed by atoms with E-state index in [-0.39, 0.29) is 41.8 Å². The maximum atomic E-state index is 11.8. The monoisotopic (exact) mass is 346 g/mol. The van der Waals surface area contributed by atoms with Crippen molar-refractivity contribution in [1.82, 2.24) is 0 Å². The van der Waals surface area contributed by atoms with Gasteiger partial charge in [-0.2, -0.15) is 0 Å². The van der Waals surface area contributed by atoms with Gasteiger partial charge in [0, 0.05) is 16.7 Å². The lowest BCUT2D eigenvalue weighted by Gasteiger charge is -2.59. The molecule has 0 radical (unpaired) electrons. The van der Waals surface area contributed by atoms with Crippen molar-refractivity contribution in [3.63, 3.8) is 0 Å². The van der Waals surface area contributed by atoms with Crippen molar-refractivity contribution in [2.75, 3.05) is 0 Å². The number of hydrogen-bond donors (Lipinski definition) is 3. The molecule has 3 fully saturated rings. The summed E-state index contributed by atoms with van der Waals surface area (Å²) < 4.78 is 0. The predicted molar refractivity (Wildman–Crippen MR) is 90.6 cm³/mol. The SMILES string of the molecule is C[C@]12C=CC(=O)C=C1CC[C@@H]1[C@H]2[C@@H](O)C[C@@]2(C)[C@H]1CC[C@]2(O)C(=O)O. The van der Waals surface area contributed by atoms with Crippen LogP contribution in [0.25, 0.3) is 0 Å². The van der Waals surface area contributed by atoms with Crippen LogP contribution >= 0.6 is 0 Å². The zero-order chi connectivity index (χ0) is 18.2. The molecule has 4 aliphatic carbocycles. The predicted octanol–water partition coefficient (Wildman–Crippen LogP) is 2.08. The van der Waals surface area contributed by atoms with Crippen LogP contribution in [0.1, 0.15) is 46.0 Å². The summed E-state index contributed by atoms with van der Waals surface area (Å²) in [5.74, 6) is -0.976. The van der Waals surface area contributed by atoms with Crippen LogP contribution in [-0.4, -0.2) is 38.8 Å². The van der Waals surface area contributed by atoms with Crippen molar-refractivity contribution in [3.8, 4) is 0 Å². The molecule has 136 valence electrons. The van der Waals surface area contributed by atoms with Crippen LogP contribution < -0.4 is 0 Å². The van der Waals surface area contributed by atoms with Gasteiger partial charge in [0.1, 0.15) is 0 Å². The van der Waals surface area contributed by atoms with Crippen molar-refractivity contribution in [2.45, 2.75) is 57.7 Å². The van der Waals surface area contributed by atoms with Crippen molar-refractivity contribution in [2.24, 2.45) is 28.6 Å². The van der Waals surface area contributed by atoms with Crippen molar-refractivity contribution < 1.29 is 24.9 Å². The minimum atomic E-state index is -1.76. The number of carbonyl (C=O) groups excluding carboxylic acids is 1. The molecule has 0 heterocycles. The second-order valence-corrected chi connectivity index (χ2v) is 8.92. The van der Waals surface area contributed by atoms with Gasteiger partial charge >= 0.3 is 5.97 Å². The highest BCUT2D eigenvalue weighted by Crippen LogP contribution is 2.66. The number of allylic oxidation sites excluding steroid dienone is 4. The minimum Gasteiger partial charge on any atom is -0.479 e. The molecule has 0 aromatic rings. The van der Waals surface area contributed by atoms with Gasteiger partial charge in [-0.05, 0) is 56.1 Å². The van der Waals surface area contributed by atoms with Crippen LogP contribution in [0.4, 0.5) is 0 Å². The van der Waals surface area contributed by atoms with Gasteiger partial charge in [-0.15, -0.1) is 0 Å². The van der Waals surface area contributed by atoms with Gasteiger partial charge in [-0.25, -0.2) is 4.79 Å². The molecule has 0 aliphatic heterocycles. The number of aliphatic hydroxyl groups excluding tert-OH is 1. The highest BCUT2D eigenvalue weighted by Gasteiger charge is 2.68. The Hall–Kier alpha value is -1.46. The average Bonchev–Trinajstić information content (AvgIpc) is 2.80. The standard InChI is InChI=1S/C20H26O5/c1-18-7-5-12(21)9-11(18)3-4-13-14-6-8-20(25,17(23)24)19(14,2)10-15(22)16(13)18/h5,7,9,13-16,22,25H,3-4,6,8,10H2,1-2H3,(H,23,24)/t13-,14-,15-,16-,18-,19-,20-/m0/s1. The first-order valence-corrected chi connectivity index (χ1v) is 9.21. The Kier molecular flexibility index (Phi) is 3.42. The van der Waals surface area contributed by atoms with E-state index in [0.717, 1.165) is 18.4 Å². The Bertz CT molecular complexity index is 709. The largest absolute Gasteiger partial charge is 0.479 e. The summed E-state index contributed by atoms with van der Waals surface area (Å²) in [7, 11) is 0. The van der Waals surface area contributed by atoms with E-state index in [9.17, 15) is 24.9 Å². The van der Waals surface area contributed by atoms with Crippen molar-refractivity contribution >= 4 is 11.8 Å². The zero-order valence-electron chi connectivity index (χ0n) is 14.7. The zero-order valence-corrected chi connectivity index (χ0v) is 14.7. The molecule has 3 saturated carbocycles. The molecule has 0 saturated heterocycles. The topological polar surface area (TPSA) is 94.8 Å². The molecule has 0 aromatic heterocycles. The van der Waals surface area contributed by atoms with Gasteiger partial charge < -0.3 is 15.3 Å². The van der Waals surface area contributed by atoms with Crippen LogP contribution in [-0.2, 0) is 9.59 Å². The maximum Gasteiger partial charge on any atom is 0.336 e. The molecule has 4 aliphatic rings. The fourth-order valence-electron chi connectivity index (χ4n) is 6.68. The molecule has 5 nitrogen and oxygen atoms in total. The first kappa shape index (κ1) is 17.0. The van der Waals surface area contributed by atoms with Crippen molar-refractivity contribution in [1.29, 1.82) is 0 Å². The quantitative estimate of drug-likeness (QED) is 0.676. The number of carbonyl (C=O) groups is 2. The van der Waals surface area contributed by atoms with Gasteiger partial charge in [-0.3, -0.25) is 4.79 Å². The first-order chi connectivity index (χ1) is 11.6. The van der Waals surface area contributed by atoms with E-state index >= 15 is 0 Å². The fourth-order valence-corrected chi connectivity index (χ4v) is 6.68. The highest BCUT2D eigenvalue weighted by molar-refractivity contribution is 6.01. The summed E-state index contributed by atoms with van der Waals surface area (Å²) in [5, 5.41) is 31.6. The lowest BCUT2D eigenvalue weighted by Crippen LogP contribution is -2.61. The second-order valence-electron chi connectivity index (χ2n) is 8.92.